The fourth-order valence-corrected chi connectivity index (χ4v) is 4.04. The van der Waals surface area contributed by atoms with Gasteiger partial charge in [-0.25, -0.2) is 9.97 Å². The van der Waals surface area contributed by atoms with Gasteiger partial charge in [0.1, 0.15) is 17.0 Å². The number of nitrogens with one attached hydrogen (secondary N) is 1. The van der Waals surface area contributed by atoms with Crippen molar-refractivity contribution in [3.05, 3.63) is 69.2 Å². The molecule has 0 aliphatic rings. The van der Waals surface area contributed by atoms with Crippen LogP contribution < -0.4 is 5.32 Å². The Kier molecular flexibility index (Phi) is 4.46. The van der Waals surface area contributed by atoms with Gasteiger partial charge in [-0.2, -0.15) is 0 Å². The molecule has 0 radical (unpaired) electrons. The predicted molar refractivity (Wildman–Crippen MR) is 110 cm³/mol. The van der Waals surface area contributed by atoms with Crippen LogP contribution in [0.15, 0.2) is 58.6 Å². The Labute approximate surface area is 162 Å². The van der Waals surface area contributed by atoms with E-state index in [2.05, 4.69) is 48.7 Å². The van der Waals surface area contributed by atoms with Crippen LogP contribution in [0, 0.1) is 6.92 Å². The summed E-state index contributed by atoms with van der Waals surface area (Å²) in [6, 6.07) is 14.1. The first-order chi connectivity index (χ1) is 12.1. The first-order valence-corrected chi connectivity index (χ1v) is 9.69. The Morgan fingerprint density at radius 1 is 1.08 bits per heavy atom. The first-order valence-electron chi connectivity index (χ1n) is 7.64. The van der Waals surface area contributed by atoms with Crippen molar-refractivity contribution in [1.29, 1.82) is 0 Å². The number of anilines is 2. The molecule has 4 aromatic rings. The van der Waals surface area contributed by atoms with Crippen molar-refractivity contribution in [3.63, 3.8) is 0 Å². The Morgan fingerprint density at radius 2 is 1.88 bits per heavy atom. The number of hydrogen-bond acceptors (Lipinski definition) is 4. The number of thiophene rings is 1. The van der Waals surface area contributed by atoms with E-state index in [-0.39, 0.29) is 0 Å². The molecule has 0 aliphatic heterocycles. The lowest BCUT2D eigenvalue weighted by molar-refractivity contribution is 1.23. The molecule has 1 N–H and O–H groups in total. The Hall–Kier alpha value is -1.95. The van der Waals surface area contributed by atoms with Crippen molar-refractivity contribution < 1.29 is 0 Å². The van der Waals surface area contributed by atoms with E-state index in [1.165, 1.54) is 0 Å². The maximum atomic E-state index is 6.24. The van der Waals surface area contributed by atoms with Crippen molar-refractivity contribution in [3.8, 4) is 11.1 Å². The van der Waals surface area contributed by atoms with Gasteiger partial charge in [-0.3, -0.25) is 0 Å². The molecule has 2 aromatic heterocycles. The monoisotopic (exact) mass is 429 g/mol. The molecule has 0 fully saturated rings. The number of benzene rings is 2. The third-order valence-corrected chi connectivity index (χ3v) is 5.87. The molecular weight excluding hydrogens is 418 g/mol. The molecule has 0 bridgehead atoms. The molecule has 0 unspecified atom stereocenters. The van der Waals surface area contributed by atoms with Crippen LogP contribution in [0.4, 0.5) is 11.5 Å². The molecule has 3 nitrogen and oxygen atoms in total. The van der Waals surface area contributed by atoms with E-state index in [1.807, 2.05) is 37.3 Å². The number of halogens is 2. The molecule has 0 amide bonds. The van der Waals surface area contributed by atoms with Crippen molar-refractivity contribution >= 4 is 60.6 Å². The lowest BCUT2D eigenvalue weighted by Gasteiger charge is -2.11. The highest BCUT2D eigenvalue weighted by atomic mass is 79.9. The van der Waals surface area contributed by atoms with E-state index < -0.39 is 0 Å². The highest BCUT2D eigenvalue weighted by Crippen LogP contribution is 2.38. The van der Waals surface area contributed by atoms with Crippen LogP contribution in [0.1, 0.15) is 5.56 Å². The van der Waals surface area contributed by atoms with Crippen molar-refractivity contribution in [2.45, 2.75) is 6.92 Å². The van der Waals surface area contributed by atoms with Gasteiger partial charge in [0.05, 0.1) is 5.39 Å². The van der Waals surface area contributed by atoms with Crippen LogP contribution in [-0.4, -0.2) is 9.97 Å². The van der Waals surface area contributed by atoms with Crippen LogP contribution in [-0.2, 0) is 0 Å². The number of aromatic nitrogens is 2. The smallest absolute Gasteiger partial charge is 0.143 e. The molecule has 124 valence electrons. The van der Waals surface area contributed by atoms with Gasteiger partial charge >= 0.3 is 0 Å². The summed E-state index contributed by atoms with van der Waals surface area (Å²) in [5.74, 6) is 0.787. The van der Waals surface area contributed by atoms with Gasteiger partial charge in [-0.05, 0) is 42.3 Å². The minimum Gasteiger partial charge on any atom is -0.339 e. The van der Waals surface area contributed by atoms with E-state index in [0.29, 0.717) is 0 Å². The maximum Gasteiger partial charge on any atom is 0.143 e. The highest BCUT2D eigenvalue weighted by Gasteiger charge is 2.14. The fraction of sp³-hybridized carbons (Fsp3) is 0.0526. The summed E-state index contributed by atoms with van der Waals surface area (Å²) >= 11 is 11.3. The first kappa shape index (κ1) is 16.5. The fourth-order valence-electron chi connectivity index (χ4n) is 2.68. The molecule has 0 atom stereocenters. The Bertz CT molecular complexity index is 1060. The maximum absolute atomic E-state index is 6.24. The summed E-state index contributed by atoms with van der Waals surface area (Å²) in [5, 5.41) is 7.30. The molecule has 0 spiro atoms. The lowest BCUT2D eigenvalue weighted by atomic mass is 10.1. The molecule has 2 heterocycles. The van der Waals surface area contributed by atoms with Crippen LogP contribution in [0.3, 0.4) is 0 Å². The molecule has 0 saturated carbocycles. The number of hydrogen-bond donors (Lipinski definition) is 1. The zero-order chi connectivity index (χ0) is 17.4. The zero-order valence-corrected chi connectivity index (χ0v) is 16.4. The molecule has 4 rings (SSSR count). The number of fused-ring (bicyclic) bond motifs is 1. The second-order valence-electron chi connectivity index (χ2n) is 5.60. The van der Waals surface area contributed by atoms with Crippen LogP contribution in [0.25, 0.3) is 21.3 Å². The summed E-state index contributed by atoms with van der Waals surface area (Å²) in [6.07, 6.45) is 1.59. The molecular formula is C19H13BrClN3S. The molecule has 0 aliphatic carbocycles. The Balaban J connectivity index is 1.86. The number of rotatable bonds is 3. The lowest BCUT2D eigenvalue weighted by Crippen LogP contribution is -1.97. The quantitative estimate of drug-likeness (QED) is 0.387. The molecule has 0 saturated heterocycles. The summed E-state index contributed by atoms with van der Waals surface area (Å²) in [5.41, 5.74) is 4.20. The van der Waals surface area contributed by atoms with Crippen molar-refractivity contribution in [1.82, 2.24) is 9.97 Å². The summed E-state index contributed by atoms with van der Waals surface area (Å²) in [6.45, 7) is 1.99. The van der Waals surface area contributed by atoms with Gasteiger partial charge in [0.2, 0.25) is 0 Å². The highest BCUT2D eigenvalue weighted by molar-refractivity contribution is 9.10. The summed E-state index contributed by atoms with van der Waals surface area (Å²) in [4.78, 5) is 9.85. The van der Waals surface area contributed by atoms with Gasteiger partial charge in [0, 0.05) is 26.1 Å². The van der Waals surface area contributed by atoms with Gasteiger partial charge < -0.3 is 5.32 Å². The van der Waals surface area contributed by atoms with Crippen LogP contribution in [0.5, 0.6) is 0 Å². The minimum atomic E-state index is 0.730. The number of nitrogens with zero attached hydrogens (tertiary/aromatic N) is 2. The van der Waals surface area contributed by atoms with Crippen molar-refractivity contribution in [2.24, 2.45) is 0 Å². The van der Waals surface area contributed by atoms with E-state index in [0.717, 1.165) is 47.9 Å². The normalized spacial score (nSPS) is 11.0. The van der Waals surface area contributed by atoms with Gasteiger partial charge in [0.25, 0.3) is 0 Å². The summed E-state index contributed by atoms with van der Waals surface area (Å²) < 4.78 is 1.06. The summed E-state index contributed by atoms with van der Waals surface area (Å²) in [7, 11) is 0. The van der Waals surface area contributed by atoms with Crippen molar-refractivity contribution in [2.75, 3.05) is 5.32 Å². The van der Waals surface area contributed by atoms with E-state index in [4.69, 9.17) is 11.6 Å². The van der Waals surface area contributed by atoms with Crippen LogP contribution >= 0.6 is 38.9 Å². The van der Waals surface area contributed by atoms with E-state index in [1.54, 1.807) is 17.7 Å². The second kappa shape index (κ2) is 6.75. The average Bonchev–Trinajstić information content (AvgIpc) is 3.05. The SMILES string of the molecule is Cc1c(Cl)cccc1Nc1ncnc2scc(-c3ccc(Br)cc3)c12. The second-order valence-corrected chi connectivity index (χ2v) is 7.78. The molecule has 6 heteroatoms. The Morgan fingerprint density at radius 3 is 2.68 bits per heavy atom. The zero-order valence-electron chi connectivity index (χ0n) is 13.3. The van der Waals surface area contributed by atoms with E-state index >= 15 is 0 Å². The molecule has 25 heavy (non-hydrogen) atoms. The van der Waals surface area contributed by atoms with E-state index in [9.17, 15) is 0 Å². The topological polar surface area (TPSA) is 37.8 Å². The van der Waals surface area contributed by atoms with Gasteiger partial charge in [0.15, 0.2) is 0 Å². The molecule has 2 aromatic carbocycles. The minimum absolute atomic E-state index is 0.730. The van der Waals surface area contributed by atoms with Gasteiger partial charge in [-0.15, -0.1) is 11.3 Å². The van der Waals surface area contributed by atoms with Gasteiger partial charge in [-0.1, -0.05) is 45.7 Å². The standard InChI is InChI=1S/C19H13BrClN3S/c1-11-15(21)3-2-4-16(11)24-18-17-14(9-25-19(17)23-10-22-18)12-5-7-13(20)8-6-12/h2-10H,1H3,(H,22,23,24). The predicted octanol–water partition coefficient (Wildman–Crippen LogP) is 6.83. The van der Waals surface area contributed by atoms with Crippen LogP contribution in [0.2, 0.25) is 5.02 Å². The third kappa shape index (κ3) is 3.15. The largest absolute Gasteiger partial charge is 0.339 e. The average molecular weight is 431 g/mol. The third-order valence-electron chi connectivity index (χ3n) is 4.05.